The summed E-state index contributed by atoms with van der Waals surface area (Å²) in [6.45, 7) is 5.38. The van der Waals surface area contributed by atoms with Gasteiger partial charge >= 0.3 is 0 Å². The van der Waals surface area contributed by atoms with E-state index >= 15 is 0 Å². The van der Waals surface area contributed by atoms with Gasteiger partial charge in [0.1, 0.15) is 5.75 Å². The molecule has 2 aromatic carbocycles. The predicted molar refractivity (Wildman–Crippen MR) is 150 cm³/mol. The molecule has 0 bridgehead atoms. The Hall–Kier alpha value is -2.57. The average Bonchev–Trinajstić information content (AvgIpc) is 2.97. The zero-order valence-corrected chi connectivity index (χ0v) is 23.0. The maximum atomic E-state index is 13.2. The number of hydrogen-bond donors (Lipinski definition) is 0. The van der Waals surface area contributed by atoms with Crippen LogP contribution in [0.3, 0.4) is 0 Å². The third-order valence-corrected chi connectivity index (χ3v) is 8.93. The Bertz CT molecular complexity index is 1040. The third-order valence-electron chi connectivity index (χ3n) is 8.68. The van der Waals surface area contributed by atoms with Gasteiger partial charge in [-0.05, 0) is 93.8 Å². The van der Waals surface area contributed by atoms with Gasteiger partial charge in [0.25, 0.3) is 5.91 Å². The van der Waals surface area contributed by atoms with Crippen LogP contribution in [0.2, 0.25) is 5.02 Å². The molecule has 0 aromatic heterocycles. The van der Waals surface area contributed by atoms with E-state index in [1.165, 1.54) is 5.56 Å². The second-order valence-electron chi connectivity index (χ2n) is 11.1. The summed E-state index contributed by atoms with van der Waals surface area (Å²) in [6, 6.07) is 18.3. The Morgan fingerprint density at radius 1 is 0.763 bits per heavy atom. The molecule has 5 rings (SSSR count). The molecule has 3 fully saturated rings. The molecule has 2 aromatic rings. The van der Waals surface area contributed by atoms with Crippen molar-refractivity contribution in [1.29, 1.82) is 0 Å². The molecule has 2 amide bonds. The maximum absolute atomic E-state index is 13.2. The van der Waals surface area contributed by atoms with Crippen LogP contribution >= 0.6 is 11.6 Å². The number of rotatable bonds is 7. The van der Waals surface area contributed by atoms with Crippen molar-refractivity contribution in [2.24, 2.45) is 11.8 Å². The first-order valence-electron chi connectivity index (χ1n) is 14.3. The van der Waals surface area contributed by atoms with Crippen LogP contribution in [-0.4, -0.2) is 78.4 Å². The van der Waals surface area contributed by atoms with E-state index in [4.69, 9.17) is 16.3 Å². The first-order chi connectivity index (χ1) is 18.5. The second kappa shape index (κ2) is 13.0. The van der Waals surface area contributed by atoms with Gasteiger partial charge in [-0.3, -0.25) is 9.59 Å². The van der Waals surface area contributed by atoms with Gasteiger partial charge in [0, 0.05) is 43.2 Å². The zero-order chi connectivity index (χ0) is 26.3. The molecule has 6 nitrogen and oxygen atoms in total. The van der Waals surface area contributed by atoms with E-state index in [-0.39, 0.29) is 18.4 Å². The zero-order valence-electron chi connectivity index (χ0n) is 22.3. The molecule has 3 saturated heterocycles. The van der Waals surface area contributed by atoms with E-state index < -0.39 is 0 Å². The standard InChI is InChI=1S/C31H40ClN3O3/c32-27-6-8-29(9-7-27)38-23-30(36)34-20-14-28(15-21-34)33-18-12-26(13-19-33)31(37)35-16-10-25(11-17-35)22-24-4-2-1-3-5-24/h1-9,25-26,28H,10-23H2. The van der Waals surface area contributed by atoms with Gasteiger partial charge in [-0.15, -0.1) is 0 Å². The summed E-state index contributed by atoms with van der Waals surface area (Å²) in [7, 11) is 0. The lowest BCUT2D eigenvalue weighted by atomic mass is 9.88. The predicted octanol–water partition coefficient (Wildman–Crippen LogP) is 4.90. The van der Waals surface area contributed by atoms with E-state index in [0.29, 0.717) is 28.6 Å². The number of piperidine rings is 3. The molecule has 0 unspecified atom stereocenters. The van der Waals surface area contributed by atoms with Gasteiger partial charge in [0.2, 0.25) is 5.91 Å². The third kappa shape index (κ3) is 7.09. The fraction of sp³-hybridized carbons (Fsp3) is 0.548. The lowest BCUT2D eigenvalue weighted by molar-refractivity contribution is -0.139. The van der Waals surface area contributed by atoms with Crippen LogP contribution in [0, 0.1) is 11.8 Å². The summed E-state index contributed by atoms with van der Waals surface area (Å²) in [4.78, 5) is 32.5. The monoisotopic (exact) mass is 537 g/mol. The molecular formula is C31H40ClN3O3. The minimum atomic E-state index is 0.0373. The molecule has 3 aliphatic heterocycles. The normalized spacial score (nSPS) is 20.4. The van der Waals surface area contributed by atoms with Crippen molar-refractivity contribution in [3.05, 3.63) is 65.2 Å². The molecule has 0 N–H and O–H groups in total. The Morgan fingerprint density at radius 3 is 2.05 bits per heavy atom. The minimum absolute atomic E-state index is 0.0373. The first-order valence-corrected chi connectivity index (χ1v) is 14.7. The fourth-order valence-electron chi connectivity index (χ4n) is 6.32. The number of nitrogens with zero attached hydrogens (tertiary/aromatic N) is 3. The average molecular weight is 538 g/mol. The molecule has 3 heterocycles. The van der Waals surface area contributed by atoms with Crippen LogP contribution in [0.15, 0.2) is 54.6 Å². The van der Waals surface area contributed by atoms with E-state index in [9.17, 15) is 9.59 Å². The molecule has 7 heteroatoms. The number of carbonyl (C=O) groups is 2. The van der Waals surface area contributed by atoms with E-state index in [1.54, 1.807) is 24.3 Å². The minimum Gasteiger partial charge on any atom is -0.484 e. The van der Waals surface area contributed by atoms with Crippen LogP contribution in [0.1, 0.15) is 44.1 Å². The quantitative estimate of drug-likeness (QED) is 0.504. The number of amides is 2. The smallest absolute Gasteiger partial charge is 0.260 e. The first kappa shape index (κ1) is 27.0. The highest BCUT2D eigenvalue weighted by atomic mass is 35.5. The van der Waals surface area contributed by atoms with Gasteiger partial charge < -0.3 is 19.4 Å². The van der Waals surface area contributed by atoms with Crippen LogP contribution < -0.4 is 4.74 Å². The number of carbonyl (C=O) groups excluding carboxylic acids is 2. The maximum Gasteiger partial charge on any atom is 0.260 e. The van der Waals surface area contributed by atoms with Gasteiger partial charge in [-0.1, -0.05) is 41.9 Å². The Labute approximate surface area is 231 Å². The lowest BCUT2D eigenvalue weighted by Crippen LogP contribution is -2.51. The number of likely N-dealkylation sites (tertiary alicyclic amines) is 3. The summed E-state index contributed by atoms with van der Waals surface area (Å²) in [5, 5.41) is 0.651. The lowest BCUT2D eigenvalue weighted by Gasteiger charge is -2.42. The second-order valence-corrected chi connectivity index (χ2v) is 11.6. The van der Waals surface area contributed by atoms with Crippen molar-refractivity contribution in [3.8, 4) is 5.75 Å². The molecular weight excluding hydrogens is 498 g/mol. The SMILES string of the molecule is O=C(COc1ccc(Cl)cc1)N1CCC(N2CCC(C(=O)N3CCC(Cc4ccccc4)CC3)CC2)CC1. The molecule has 0 saturated carbocycles. The fourth-order valence-corrected chi connectivity index (χ4v) is 6.45. The van der Waals surface area contributed by atoms with Crippen molar-refractivity contribution in [2.75, 3.05) is 45.9 Å². The molecule has 204 valence electrons. The molecule has 38 heavy (non-hydrogen) atoms. The van der Waals surface area contributed by atoms with E-state index in [1.807, 2.05) is 4.90 Å². The largest absolute Gasteiger partial charge is 0.484 e. The number of ether oxygens (including phenoxy) is 1. The van der Waals surface area contributed by atoms with Crippen molar-refractivity contribution < 1.29 is 14.3 Å². The number of hydrogen-bond acceptors (Lipinski definition) is 4. The summed E-state index contributed by atoms with van der Waals surface area (Å²) < 4.78 is 5.64. The summed E-state index contributed by atoms with van der Waals surface area (Å²) in [6.07, 6.45) is 7.23. The van der Waals surface area contributed by atoms with Crippen LogP contribution in [0.5, 0.6) is 5.75 Å². The molecule has 0 aliphatic carbocycles. The highest BCUT2D eigenvalue weighted by Gasteiger charge is 2.34. The Morgan fingerprint density at radius 2 is 1.39 bits per heavy atom. The van der Waals surface area contributed by atoms with Crippen LogP contribution in [0.25, 0.3) is 0 Å². The topological polar surface area (TPSA) is 53.1 Å². The van der Waals surface area contributed by atoms with Gasteiger partial charge in [-0.2, -0.15) is 0 Å². The Kier molecular flexibility index (Phi) is 9.23. The van der Waals surface area contributed by atoms with Gasteiger partial charge in [0.05, 0.1) is 0 Å². The summed E-state index contributed by atoms with van der Waals surface area (Å²) in [5.41, 5.74) is 1.41. The van der Waals surface area contributed by atoms with Crippen molar-refractivity contribution in [1.82, 2.24) is 14.7 Å². The summed E-state index contributed by atoms with van der Waals surface area (Å²) >= 11 is 5.91. The highest BCUT2D eigenvalue weighted by Crippen LogP contribution is 2.28. The summed E-state index contributed by atoms with van der Waals surface area (Å²) in [5.74, 6) is 1.93. The van der Waals surface area contributed by atoms with E-state index in [0.717, 1.165) is 84.2 Å². The van der Waals surface area contributed by atoms with Crippen LogP contribution in [-0.2, 0) is 16.0 Å². The van der Waals surface area contributed by atoms with Crippen molar-refractivity contribution in [2.45, 2.75) is 51.0 Å². The van der Waals surface area contributed by atoms with Crippen LogP contribution in [0.4, 0.5) is 0 Å². The van der Waals surface area contributed by atoms with Crippen molar-refractivity contribution in [3.63, 3.8) is 0 Å². The molecule has 3 aliphatic rings. The van der Waals surface area contributed by atoms with Gasteiger partial charge in [-0.25, -0.2) is 0 Å². The van der Waals surface area contributed by atoms with E-state index in [2.05, 4.69) is 40.1 Å². The van der Waals surface area contributed by atoms with Gasteiger partial charge in [0.15, 0.2) is 6.61 Å². The highest BCUT2D eigenvalue weighted by molar-refractivity contribution is 6.30. The number of benzene rings is 2. The molecule has 0 spiro atoms. The molecule has 0 radical (unpaired) electrons. The van der Waals surface area contributed by atoms with Crippen molar-refractivity contribution >= 4 is 23.4 Å². The number of halogens is 1. The Balaban J connectivity index is 0.991. The molecule has 0 atom stereocenters.